The summed E-state index contributed by atoms with van der Waals surface area (Å²) < 4.78 is 0. The Bertz CT molecular complexity index is 1040. The Kier molecular flexibility index (Phi) is 5.51. The lowest BCUT2D eigenvalue weighted by Crippen LogP contribution is -2.34. The normalized spacial score (nSPS) is 10.8. The van der Waals surface area contributed by atoms with Crippen molar-refractivity contribution in [3.63, 3.8) is 0 Å². The van der Waals surface area contributed by atoms with Crippen LogP contribution in [0.25, 0.3) is 10.9 Å². The summed E-state index contributed by atoms with van der Waals surface area (Å²) in [5.41, 5.74) is 4.27. The van der Waals surface area contributed by atoms with Gasteiger partial charge in [0.15, 0.2) is 0 Å². The van der Waals surface area contributed by atoms with Gasteiger partial charge in [-0.1, -0.05) is 23.2 Å². The first-order valence-electron chi connectivity index (χ1n) is 8.82. The molecule has 27 heavy (non-hydrogen) atoms. The van der Waals surface area contributed by atoms with E-state index in [1.165, 1.54) is 0 Å². The van der Waals surface area contributed by atoms with Gasteiger partial charge in [0.1, 0.15) is 0 Å². The number of aromatic amines is 1. The fraction of sp³-hybridized carbons (Fsp3) is 0.238. The number of H-pyrrole nitrogens is 1. The zero-order valence-corrected chi connectivity index (χ0v) is 16.4. The summed E-state index contributed by atoms with van der Waals surface area (Å²) in [6.45, 7) is 6.76. The number of hydrogen-bond donors (Lipinski definition) is 2. The molecule has 2 aromatic carbocycles. The quantitative estimate of drug-likeness (QED) is 0.676. The Morgan fingerprint density at radius 1 is 1.15 bits per heavy atom. The third-order valence-electron chi connectivity index (χ3n) is 4.50. The standard InChI is InChI=1S/C21H22ClN3O2/c1-4-25(21(27)23-17-7-5-16(22)6-8-17)12-15-11-19(26)24-20-14(3)9-13(2)10-18(15)20/h5-11H,4,12H2,1-3H3,(H,23,27)(H,24,26). The summed E-state index contributed by atoms with van der Waals surface area (Å²) in [7, 11) is 0. The van der Waals surface area contributed by atoms with Gasteiger partial charge in [-0.2, -0.15) is 0 Å². The van der Waals surface area contributed by atoms with Crippen LogP contribution in [-0.2, 0) is 6.54 Å². The largest absolute Gasteiger partial charge is 0.322 e. The van der Waals surface area contributed by atoms with Gasteiger partial charge in [-0.25, -0.2) is 4.79 Å². The number of carbonyl (C=O) groups is 1. The molecular weight excluding hydrogens is 362 g/mol. The highest BCUT2D eigenvalue weighted by Crippen LogP contribution is 2.22. The zero-order valence-electron chi connectivity index (χ0n) is 15.6. The first-order valence-corrected chi connectivity index (χ1v) is 9.20. The maximum absolute atomic E-state index is 12.7. The fourth-order valence-corrected chi connectivity index (χ4v) is 3.31. The van der Waals surface area contributed by atoms with Gasteiger partial charge in [0.05, 0.1) is 5.52 Å². The molecular formula is C21H22ClN3O2. The number of carbonyl (C=O) groups excluding carboxylic acids is 1. The average molecular weight is 384 g/mol. The Balaban J connectivity index is 1.91. The number of nitrogens with zero attached hydrogens (tertiary/aromatic N) is 1. The lowest BCUT2D eigenvalue weighted by molar-refractivity contribution is 0.212. The maximum atomic E-state index is 12.7. The van der Waals surface area contributed by atoms with E-state index in [1.54, 1.807) is 35.2 Å². The van der Waals surface area contributed by atoms with Crippen molar-refractivity contribution in [2.75, 3.05) is 11.9 Å². The number of benzene rings is 2. The topological polar surface area (TPSA) is 65.2 Å². The fourth-order valence-electron chi connectivity index (χ4n) is 3.18. The van der Waals surface area contributed by atoms with Crippen LogP contribution in [0.2, 0.25) is 5.02 Å². The number of nitrogens with one attached hydrogen (secondary N) is 2. The molecule has 0 fully saturated rings. The highest BCUT2D eigenvalue weighted by molar-refractivity contribution is 6.30. The van der Waals surface area contributed by atoms with Crippen LogP contribution in [0.5, 0.6) is 0 Å². The number of hydrogen-bond acceptors (Lipinski definition) is 2. The van der Waals surface area contributed by atoms with Crippen molar-refractivity contribution in [3.05, 3.63) is 74.5 Å². The molecule has 2 amide bonds. The van der Waals surface area contributed by atoms with Crippen molar-refractivity contribution >= 4 is 34.2 Å². The van der Waals surface area contributed by atoms with E-state index in [-0.39, 0.29) is 11.6 Å². The molecule has 0 aliphatic carbocycles. The van der Waals surface area contributed by atoms with Crippen molar-refractivity contribution in [1.29, 1.82) is 0 Å². The van der Waals surface area contributed by atoms with Gasteiger partial charge >= 0.3 is 6.03 Å². The van der Waals surface area contributed by atoms with Crippen molar-refractivity contribution < 1.29 is 4.79 Å². The number of pyridine rings is 1. The van der Waals surface area contributed by atoms with Crippen LogP contribution in [0.1, 0.15) is 23.6 Å². The Hall–Kier alpha value is -2.79. The molecule has 140 valence electrons. The second kappa shape index (κ2) is 7.84. The second-order valence-corrected chi connectivity index (χ2v) is 7.05. The number of halogens is 1. The monoisotopic (exact) mass is 383 g/mol. The lowest BCUT2D eigenvalue weighted by Gasteiger charge is -2.22. The SMILES string of the molecule is CCN(Cc1cc(=O)[nH]c2c(C)cc(C)cc12)C(=O)Nc1ccc(Cl)cc1. The Labute approximate surface area is 163 Å². The summed E-state index contributed by atoms with van der Waals surface area (Å²) in [5, 5.41) is 4.44. The molecule has 6 heteroatoms. The van der Waals surface area contributed by atoms with E-state index in [0.29, 0.717) is 23.8 Å². The van der Waals surface area contributed by atoms with Crippen molar-refractivity contribution in [3.8, 4) is 0 Å². The van der Waals surface area contributed by atoms with Crippen LogP contribution >= 0.6 is 11.6 Å². The molecule has 0 aliphatic rings. The van der Waals surface area contributed by atoms with E-state index in [9.17, 15) is 9.59 Å². The molecule has 1 aromatic heterocycles. The highest BCUT2D eigenvalue weighted by Gasteiger charge is 2.15. The predicted octanol–water partition coefficient (Wildman–Crippen LogP) is 4.85. The van der Waals surface area contributed by atoms with Crippen molar-refractivity contribution in [2.45, 2.75) is 27.3 Å². The van der Waals surface area contributed by atoms with E-state index < -0.39 is 0 Å². The molecule has 0 atom stereocenters. The molecule has 5 nitrogen and oxygen atoms in total. The van der Waals surface area contributed by atoms with E-state index in [0.717, 1.165) is 27.6 Å². The first kappa shape index (κ1) is 19.0. The number of aryl methyl sites for hydroxylation is 2. The van der Waals surface area contributed by atoms with E-state index in [2.05, 4.69) is 10.3 Å². The minimum Gasteiger partial charge on any atom is -0.322 e. The van der Waals surface area contributed by atoms with Crippen LogP contribution in [-0.4, -0.2) is 22.5 Å². The summed E-state index contributed by atoms with van der Waals surface area (Å²) >= 11 is 5.89. The number of fused-ring (bicyclic) bond motifs is 1. The van der Waals surface area contributed by atoms with Crippen LogP contribution in [0.4, 0.5) is 10.5 Å². The molecule has 0 unspecified atom stereocenters. The molecule has 0 radical (unpaired) electrons. The summed E-state index contributed by atoms with van der Waals surface area (Å²) in [4.78, 5) is 29.4. The molecule has 3 aromatic rings. The number of urea groups is 1. The Morgan fingerprint density at radius 3 is 2.52 bits per heavy atom. The zero-order chi connectivity index (χ0) is 19.6. The number of amides is 2. The van der Waals surface area contributed by atoms with Gasteiger partial charge in [-0.15, -0.1) is 0 Å². The second-order valence-electron chi connectivity index (χ2n) is 6.61. The summed E-state index contributed by atoms with van der Waals surface area (Å²) in [6, 6.07) is 12.4. The molecule has 0 bridgehead atoms. The highest BCUT2D eigenvalue weighted by atomic mass is 35.5. The van der Waals surface area contributed by atoms with E-state index in [1.807, 2.05) is 32.9 Å². The molecule has 3 rings (SSSR count). The molecule has 0 spiro atoms. The summed E-state index contributed by atoms with van der Waals surface area (Å²) in [6.07, 6.45) is 0. The van der Waals surface area contributed by atoms with Gasteiger partial charge in [0.25, 0.3) is 0 Å². The number of anilines is 1. The van der Waals surface area contributed by atoms with Gasteiger partial charge in [0, 0.05) is 35.3 Å². The Morgan fingerprint density at radius 2 is 1.85 bits per heavy atom. The smallest absolute Gasteiger partial charge is 0.322 e. The molecule has 1 heterocycles. The average Bonchev–Trinajstić information content (AvgIpc) is 2.62. The predicted molar refractivity (Wildman–Crippen MR) is 111 cm³/mol. The minimum absolute atomic E-state index is 0.168. The minimum atomic E-state index is -0.224. The van der Waals surface area contributed by atoms with Crippen LogP contribution < -0.4 is 10.9 Å². The first-order chi connectivity index (χ1) is 12.9. The van der Waals surface area contributed by atoms with Gasteiger partial charge in [0.2, 0.25) is 5.56 Å². The van der Waals surface area contributed by atoms with Crippen LogP contribution in [0.15, 0.2) is 47.3 Å². The molecule has 0 saturated heterocycles. The number of aromatic nitrogens is 1. The summed E-state index contributed by atoms with van der Waals surface area (Å²) in [5.74, 6) is 0. The van der Waals surface area contributed by atoms with Crippen LogP contribution in [0.3, 0.4) is 0 Å². The molecule has 0 saturated carbocycles. The van der Waals surface area contributed by atoms with Gasteiger partial charge in [-0.3, -0.25) is 4.79 Å². The van der Waals surface area contributed by atoms with E-state index >= 15 is 0 Å². The van der Waals surface area contributed by atoms with E-state index in [4.69, 9.17) is 11.6 Å². The molecule has 0 aliphatic heterocycles. The van der Waals surface area contributed by atoms with Gasteiger partial charge in [-0.05, 0) is 62.2 Å². The van der Waals surface area contributed by atoms with Crippen molar-refractivity contribution in [2.24, 2.45) is 0 Å². The third kappa shape index (κ3) is 4.31. The third-order valence-corrected chi connectivity index (χ3v) is 4.76. The van der Waals surface area contributed by atoms with Gasteiger partial charge < -0.3 is 15.2 Å². The molecule has 2 N–H and O–H groups in total. The maximum Gasteiger partial charge on any atom is 0.322 e. The lowest BCUT2D eigenvalue weighted by atomic mass is 10.0. The van der Waals surface area contributed by atoms with Crippen LogP contribution in [0, 0.1) is 13.8 Å². The number of rotatable bonds is 4. The van der Waals surface area contributed by atoms with Crippen molar-refractivity contribution in [1.82, 2.24) is 9.88 Å².